The molecule has 8 nitrogen and oxygen atoms in total. The molecule has 0 saturated heterocycles. The second kappa shape index (κ2) is 10.4. The van der Waals surface area contributed by atoms with Crippen molar-refractivity contribution in [3.63, 3.8) is 0 Å². The summed E-state index contributed by atoms with van der Waals surface area (Å²) >= 11 is 4.62. The Hall–Kier alpha value is -3.11. The van der Waals surface area contributed by atoms with Crippen LogP contribution in [-0.4, -0.2) is 46.0 Å². The van der Waals surface area contributed by atoms with E-state index in [0.717, 1.165) is 10.0 Å². The fourth-order valence-electron chi connectivity index (χ4n) is 3.61. The Morgan fingerprint density at radius 1 is 1.15 bits per heavy atom. The molecule has 0 spiro atoms. The van der Waals surface area contributed by atoms with Gasteiger partial charge in [-0.05, 0) is 43.7 Å². The Morgan fingerprint density at radius 3 is 2.50 bits per heavy atom. The number of hydrogen-bond donors (Lipinski definition) is 1. The molecule has 4 rings (SSSR count). The molecule has 2 aromatic carbocycles. The van der Waals surface area contributed by atoms with Gasteiger partial charge in [0.05, 0.1) is 25.0 Å². The zero-order chi connectivity index (χ0) is 24.2. The summed E-state index contributed by atoms with van der Waals surface area (Å²) in [4.78, 5) is 30.0. The van der Waals surface area contributed by atoms with Gasteiger partial charge in [0.1, 0.15) is 11.8 Å². The van der Waals surface area contributed by atoms with E-state index in [1.165, 1.54) is 11.8 Å². The van der Waals surface area contributed by atoms with E-state index < -0.39 is 12.0 Å². The van der Waals surface area contributed by atoms with Crippen LogP contribution in [0.2, 0.25) is 0 Å². The maximum atomic E-state index is 12.9. The molecular weight excluding hydrogens is 520 g/mol. The highest BCUT2D eigenvalue weighted by molar-refractivity contribution is 9.10. The quantitative estimate of drug-likeness (QED) is 0.244. The van der Waals surface area contributed by atoms with Crippen LogP contribution in [0.5, 0.6) is 5.75 Å². The number of benzene rings is 2. The average molecular weight is 543 g/mol. The number of aromatic nitrogens is 3. The van der Waals surface area contributed by atoms with Crippen LogP contribution in [0.4, 0.5) is 5.95 Å². The first-order chi connectivity index (χ1) is 16.4. The van der Waals surface area contributed by atoms with Crippen LogP contribution < -0.4 is 10.1 Å². The highest BCUT2D eigenvalue weighted by Crippen LogP contribution is 2.37. The predicted octanol–water partition coefficient (Wildman–Crippen LogP) is 4.88. The summed E-state index contributed by atoms with van der Waals surface area (Å²) < 4.78 is 13.2. The molecule has 0 bridgehead atoms. The fourth-order valence-corrected chi connectivity index (χ4v) is 4.60. The molecule has 3 aromatic rings. The monoisotopic (exact) mass is 542 g/mol. The number of carbonyl (C=O) groups excluding carboxylic acids is 2. The number of carbonyl (C=O) groups is 2. The predicted molar refractivity (Wildman–Crippen MR) is 133 cm³/mol. The third-order valence-corrected chi connectivity index (χ3v) is 6.62. The molecule has 1 N–H and O–H groups in total. The van der Waals surface area contributed by atoms with Gasteiger partial charge < -0.3 is 14.8 Å². The third kappa shape index (κ3) is 5.02. The molecule has 0 saturated carbocycles. The Kier molecular flexibility index (Phi) is 7.38. The van der Waals surface area contributed by atoms with Crippen molar-refractivity contribution < 1.29 is 19.1 Å². The van der Waals surface area contributed by atoms with Crippen molar-refractivity contribution in [1.29, 1.82) is 0 Å². The van der Waals surface area contributed by atoms with Crippen molar-refractivity contribution >= 4 is 45.4 Å². The number of ketones is 1. The van der Waals surface area contributed by atoms with Gasteiger partial charge in [-0.3, -0.25) is 4.79 Å². The zero-order valence-electron chi connectivity index (χ0n) is 18.9. The second-order valence-corrected chi connectivity index (χ2v) is 9.30. The minimum Gasteiger partial charge on any atom is -0.497 e. The number of anilines is 1. The smallest absolute Gasteiger partial charge is 0.338 e. The molecule has 0 fully saturated rings. The van der Waals surface area contributed by atoms with E-state index in [0.29, 0.717) is 33.7 Å². The molecule has 1 atom stereocenters. The van der Waals surface area contributed by atoms with Gasteiger partial charge in [-0.1, -0.05) is 52.0 Å². The van der Waals surface area contributed by atoms with Gasteiger partial charge in [0, 0.05) is 15.7 Å². The first kappa shape index (κ1) is 24.0. The molecule has 34 heavy (non-hydrogen) atoms. The van der Waals surface area contributed by atoms with Crippen molar-refractivity contribution in [3.8, 4) is 5.75 Å². The fraction of sp³-hybridized carbons (Fsp3) is 0.250. The molecule has 0 radical (unpaired) electrons. The van der Waals surface area contributed by atoms with Gasteiger partial charge in [-0.2, -0.15) is 4.98 Å². The molecule has 0 amide bonds. The average Bonchev–Trinajstić information content (AvgIpc) is 3.24. The number of hydrogen-bond acceptors (Lipinski definition) is 8. The second-order valence-electron chi connectivity index (χ2n) is 7.44. The van der Waals surface area contributed by atoms with E-state index in [4.69, 9.17) is 9.47 Å². The maximum Gasteiger partial charge on any atom is 0.338 e. The lowest BCUT2D eigenvalue weighted by atomic mass is 9.96. The number of allylic oxidation sites excluding steroid dienone is 1. The summed E-state index contributed by atoms with van der Waals surface area (Å²) in [6.07, 6.45) is 0. The van der Waals surface area contributed by atoms with Crippen LogP contribution in [0.3, 0.4) is 0 Å². The first-order valence-corrected chi connectivity index (χ1v) is 12.4. The van der Waals surface area contributed by atoms with E-state index in [9.17, 15) is 9.59 Å². The number of halogens is 1. The number of methoxy groups -OCH3 is 1. The Bertz CT molecular complexity index is 1240. The molecule has 176 valence electrons. The van der Waals surface area contributed by atoms with Gasteiger partial charge in [0.15, 0.2) is 5.78 Å². The Labute approximate surface area is 209 Å². The molecule has 1 aromatic heterocycles. The Morgan fingerprint density at radius 2 is 1.85 bits per heavy atom. The van der Waals surface area contributed by atoms with Crippen molar-refractivity contribution in [1.82, 2.24) is 14.8 Å². The molecule has 1 aliphatic heterocycles. The summed E-state index contributed by atoms with van der Waals surface area (Å²) in [5.74, 6) is 0.943. The molecule has 10 heteroatoms. The first-order valence-electron chi connectivity index (χ1n) is 10.6. The van der Waals surface area contributed by atoms with Crippen molar-refractivity contribution in [2.24, 2.45) is 0 Å². The van der Waals surface area contributed by atoms with E-state index in [1.54, 1.807) is 30.8 Å². The van der Waals surface area contributed by atoms with E-state index in [1.807, 2.05) is 43.3 Å². The number of esters is 1. The van der Waals surface area contributed by atoms with E-state index in [2.05, 4.69) is 31.3 Å². The highest BCUT2D eigenvalue weighted by atomic mass is 79.9. The summed E-state index contributed by atoms with van der Waals surface area (Å²) in [7, 11) is 1.60. The molecule has 2 heterocycles. The van der Waals surface area contributed by atoms with Crippen LogP contribution in [-0.2, 0) is 9.53 Å². The number of nitrogens with zero attached hydrogens (tertiary/aromatic N) is 3. The van der Waals surface area contributed by atoms with Crippen molar-refractivity contribution in [3.05, 3.63) is 75.4 Å². The van der Waals surface area contributed by atoms with Crippen LogP contribution >= 0.6 is 27.7 Å². The van der Waals surface area contributed by atoms with Gasteiger partial charge in [-0.25, -0.2) is 9.48 Å². The van der Waals surface area contributed by atoms with Crippen molar-refractivity contribution in [2.75, 3.05) is 24.8 Å². The van der Waals surface area contributed by atoms with Crippen LogP contribution in [0.15, 0.2) is 69.4 Å². The standard InChI is InChI=1S/C24H23BrN4O4S/c1-4-33-22(31)20-14(2)26-23-27-24(34-13-19(30)15-5-9-17(25)10-6-15)28-29(23)21(20)16-7-11-18(32-3)12-8-16/h5-12,21H,4,13H2,1-3H3,(H,26,27,28). The number of fused-ring (bicyclic) bond motifs is 1. The van der Waals surface area contributed by atoms with Gasteiger partial charge in [0.25, 0.3) is 0 Å². The van der Waals surface area contributed by atoms with Gasteiger partial charge in [0.2, 0.25) is 11.1 Å². The minimum atomic E-state index is -0.537. The minimum absolute atomic E-state index is 0.0218. The number of thioether (sulfide) groups is 1. The molecule has 1 unspecified atom stereocenters. The lowest BCUT2D eigenvalue weighted by Gasteiger charge is -2.28. The molecule has 0 aliphatic carbocycles. The highest BCUT2D eigenvalue weighted by Gasteiger charge is 2.35. The summed E-state index contributed by atoms with van der Waals surface area (Å²) in [5.41, 5.74) is 2.54. The summed E-state index contributed by atoms with van der Waals surface area (Å²) in [6, 6.07) is 14.1. The van der Waals surface area contributed by atoms with Crippen LogP contribution in [0.1, 0.15) is 35.8 Å². The summed E-state index contributed by atoms with van der Waals surface area (Å²) in [5, 5.41) is 8.22. The van der Waals surface area contributed by atoms with Gasteiger partial charge >= 0.3 is 5.97 Å². The lowest BCUT2D eigenvalue weighted by molar-refractivity contribution is -0.139. The number of nitrogens with one attached hydrogen (secondary N) is 1. The summed E-state index contributed by atoms with van der Waals surface area (Å²) in [6.45, 7) is 3.84. The van der Waals surface area contributed by atoms with Crippen molar-refractivity contribution in [2.45, 2.75) is 25.0 Å². The van der Waals surface area contributed by atoms with E-state index in [-0.39, 0.29) is 18.1 Å². The van der Waals surface area contributed by atoms with Crippen LogP contribution in [0.25, 0.3) is 0 Å². The molecule has 1 aliphatic rings. The lowest BCUT2D eigenvalue weighted by Crippen LogP contribution is -2.29. The largest absolute Gasteiger partial charge is 0.497 e. The Balaban J connectivity index is 1.63. The number of rotatable bonds is 8. The van der Waals surface area contributed by atoms with Crippen LogP contribution in [0, 0.1) is 0 Å². The topological polar surface area (TPSA) is 95.3 Å². The third-order valence-electron chi connectivity index (χ3n) is 5.26. The maximum absolute atomic E-state index is 12.9. The number of ether oxygens (including phenoxy) is 2. The van der Waals surface area contributed by atoms with Gasteiger partial charge in [-0.15, -0.1) is 5.10 Å². The van der Waals surface area contributed by atoms with E-state index >= 15 is 0 Å². The molecular formula is C24H23BrN4O4S. The SMILES string of the molecule is CCOC(=O)C1=C(C)Nc2nc(SCC(=O)c3ccc(Br)cc3)nn2C1c1ccc(OC)cc1. The normalized spacial score (nSPS) is 14.9. The zero-order valence-corrected chi connectivity index (χ0v) is 21.3. The number of Topliss-reactive ketones (excluding diaryl/α,β-unsaturated/α-hetero) is 1.